The van der Waals surface area contributed by atoms with Crippen molar-refractivity contribution in [3.63, 3.8) is 0 Å². The molecule has 1 aliphatic carbocycles. The molecule has 0 aliphatic heterocycles. The molecule has 0 radical (unpaired) electrons. The van der Waals surface area contributed by atoms with Gasteiger partial charge < -0.3 is 9.47 Å². The molecule has 138 valence electrons. The van der Waals surface area contributed by atoms with E-state index in [0.29, 0.717) is 24.9 Å². The first-order valence-corrected chi connectivity index (χ1v) is 9.52. The Morgan fingerprint density at radius 3 is 2.31 bits per heavy atom. The molecule has 0 heterocycles. The second-order valence-electron chi connectivity index (χ2n) is 7.16. The summed E-state index contributed by atoms with van der Waals surface area (Å²) in [7, 11) is 1.47. The van der Waals surface area contributed by atoms with Crippen molar-refractivity contribution in [2.24, 2.45) is 11.8 Å². The Morgan fingerprint density at radius 2 is 1.65 bits per heavy atom. The van der Waals surface area contributed by atoms with Crippen LogP contribution in [0.2, 0.25) is 0 Å². The van der Waals surface area contributed by atoms with Crippen LogP contribution in [0.5, 0.6) is 0 Å². The molecule has 3 rings (SSSR count). The van der Waals surface area contributed by atoms with Crippen LogP contribution in [0.4, 0.5) is 0 Å². The summed E-state index contributed by atoms with van der Waals surface area (Å²) < 4.78 is 11.3. The number of carbonyl (C=O) groups excluding carboxylic acids is 1. The van der Waals surface area contributed by atoms with E-state index in [1.807, 2.05) is 24.3 Å². The zero-order valence-electron chi connectivity index (χ0n) is 15.5. The number of carbonyl (C=O) groups is 1. The second-order valence-corrected chi connectivity index (χ2v) is 7.16. The van der Waals surface area contributed by atoms with Gasteiger partial charge in [-0.25, -0.2) is 0 Å². The van der Waals surface area contributed by atoms with Gasteiger partial charge in [-0.3, -0.25) is 4.79 Å². The fraction of sp³-hybridized carbons (Fsp3) is 0.435. The van der Waals surface area contributed by atoms with Crippen molar-refractivity contribution in [3.05, 3.63) is 71.8 Å². The van der Waals surface area contributed by atoms with E-state index in [0.717, 1.165) is 25.7 Å². The molecule has 3 atom stereocenters. The van der Waals surface area contributed by atoms with Crippen LogP contribution in [0, 0.1) is 11.8 Å². The number of hydrogen-bond acceptors (Lipinski definition) is 3. The molecule has 0 aromatic heterocycles. The maximum absolute atomic E-state index is 11.8. The molecule has 3 heteroatoms. The molecular formula is C23H28O3. The summed E-state index contributed by atoms with van der Waals surface area (Å²) in [6, 6.07) is 20.8. The lowest BCUT2D eigenvalue weighted by Gasteiger charge is -2.29. The Kier molecular flexibility index (Phi) is 6.84. The smallest absolute Gasteiger partial charge is 0.305 e. The van der Waals surface area contributed by atoms with Crippen LogP contribution in [-0.4, -0.2) is 19.2 Å². The van der Waals surface area contributed by atoms with Crippen LogP contribution in [0.1, 0.15) is 36.8 Å². The summed E-state index contributed by atoms with van der Waals surface area (Å²) in [6.45, 7) is 0.611. The van der Waals surface area contributed by atoms with E-state index in [1.54, 1.807) is 0 Å². The summed E-state index contributed by atoms with van der Waals surface area (Å²) in [5.74, 6) is 0.647. The highest BCUT2D eigenvalue weighted by atomic mass is 16.5. The minimum Gasteiger partial charge on any atom is -0.469 e. The highest BCUT2D eigenvalue weighted by Crippen LogP contribution is 2.39. The number of benzene rings is 2. The van der Waals surface area contributed by atoms with Crippen LogP contribution >= 0.6 is 0 Å². The van der Waals surface area contributed by atoms with E-state index in [2.05, 4.69) is 36.4 Å². The van der Waals surface area contributed by atoms with Gasteiger partial charge in [-0.05, 0) is 42.2 Å². The minimum absolute atomic E-state index is 0.108. The third kappa shape index (κ3) is 5.18. The van der Waals surface area contributed by atoms with E-state index in [4.69, 9.17) is 9.47 Å². The van der Waals surface area contributed by atoms with Gasteiger partial charge in [0.15, 0.2) is 0 Å². The van der Waals surface area contributed by atoms with Gasteiger partial charge in [-0.15, -0.1) is 0 Å². The van der Waals surface area contributed by atoms with Crippen molar-refractivity contribution in [1.82, 2.24) is 0 Å². The number of rotatable bonds is 8. The van der Waals surface area contributed by atoms with Gasteiger partial charge in [0.25, 0.3) is 0 Å². The topological polar surface area (TPSA) is 35.5 Å². The van der Waals surface area contributed by atoms with Gasteiger partial charge in [-0.2, -0.15) is 0 Å². The summed E-state index contributed by atoms with van der Waals surface area (Å²) >= 11 is 0. The molecule has 0 amide bonds. The van der Waals surface area contributed by atoms with Crippen molar-refractivity contribution in [1.29, 1.82) is 0 Å². The molecule has 0 unspecified atom stereocenters. The maximum atomic E-state index is 11.8. The van der Waals surface area contributed by atoms with Gasteiger partial charge in [0.1, 0.15) is 0 Å². The van der Waals surface area contributed by atoms with Crippen molar-refractivity contribution < 1.29 is 14.3 Å². The average Bonchev–Trinajstić information content (AvgIpc) is 3.14. The molecule has 2 aromatic rings. The molecule has 0 bridgehead atoms. The molecule has 1 saturated carbocycles. The molecule has 0 N–H and O–H groups in total. The first-order valence-electron chi connectivity index (χ1n) is 9.52. The molecular weight excluding hydrogens is 324 g/mol. The Bertz CT molecular complexity index is 668. The summed E-state index contributed by atoms with van der Waals surface area (Å²) in [5, 5.41) is 0. The van der Waals surface area contributed by atoms with Gasteiger partial charge in [0.2, 0.25) is 0 Å². The predicted molar refractivity (Wildman–Crippen MR) is 103 cm³/mol. The number of hydrogen-bond donors (Lipinski definition) is 0. The predicted octanol–water partition coefficient (Wildman–Crippen LogP) is 4.79. The van der Waals surface area contributed by atoms with Crippen LogP contribution in [0.3, 0.4) is 0 Å². The van der Waals surface area contributed by atoms with Gasteiger partial charge in [0, 0.05) is 6.42 Å². The average molecular weight is 352 g/mol. The Labute approximate surface area is 156 Å². The van der Waals surface area contributed by atoms with Crippen LogP contribution < -0.4 is 0 Å². The molecule has 2 aromatic carbocycles. The highest BCUT2D eigenvalue weighted by molar-refractivity contribution is 5.69. The van der Waals surface area contributed by atoms with Gasteiger partial charge in [0.05, 0.1) is 19.8 Å². The fourth-order valence-electron chi connectivity index (χ4n) is 4.06. The molecule has 1 aliphatic rings. The quantitative estimate of drug-likeness (QED) is 0.641. The van der Waals surface area contributed by atoms with Crippen LogP contribution in [-0.2, 0) is 27.3 Å². The molecule has 0 saturated heterocycles. The van der Waals surface area contributed by atoms with Crippen molar-refractivity contribution >= 4 is 5.97 Å². The second kappa shape index (κ2) is 9.54. The third-order valence-electron chi connectivity index (χ3n) is 5.44. The van der Waals surface area contributed by atoms with E-state index in [9.17, 15) is 4.79 Å². The lowest BCUT2D eigenvalue weighted by atomic mass is 9.85. The first-order chi connectivity index (χ1) is 12.8. The number of ether oxygens (including phenoxy) is 2. The Hall–Kier alpha value is -2.13. The zero-order valence-corrected chi connectivity index (χ0v) is 15.5. The maximum Gasteiger partial charge on any atom is 0.305 e. The molecule has 3 nitrogen and oxygen atoms in total. The van der Waals surface area contributed by atoms with Crippen molar-refractivity contribution in [2.45, 2.75) is 44.8 Å². The summed E-state index contributed by atoms with van der Waals surface area (Å²) in [6.07, 6.45) is 4.87. The van der Waals surface area contributed by atoms with E-state index in [-0.39, 0.29) is 12.1 Å². The molecule has 1 fully saturated rings. The first kappa shape index (κ1) is 18.7. The molecule has 0 spiro atoms. The van der Waals surface area contributed by atoms with E-state index >= 15 is 0 Å². The third-order valence-corrected chi connectivity index (χ3v) is 5.44. The number of methoxy groups -OCH3 is 1. The summed E-state index contributed by atoms with van der Waals surface area (Å²) in [4.78, 5) is 11.8. The lowest BCUT2D eigenvalue weighted by molar-refractivity contribution is -0.142. The molecule has 26 heavy (non-hydrogen) atoms. The normalized spacial score (nSPS) is 20.7. The van der Waals surface area contributed by atoms with E-state index in [1.165, 1.54) is 18.2 Å². The largest absolute Gasteiger partial charge is 0.469 e. The Morgan fingerprint density at radius 1 is 1.00 bits per heavy atom. The zero-order chi connectivity index (χ0) is 18.2. The lowest BCUT2D eigenvalue weighted by Crippen LogP contribution is -2.30. The van der Waals surface area contributed by atoms with Gasteiger partial charge >= 0.3 is 5.97 Å². The monoisotopic (exact) mass is 352 g/mol. The standard InChI is InChI=1S/C23H28O3/c1-25-23(24)16-20-13-8-14-21(20)22(15-18-9-4-2-5-10-18)26-17-19-11-6-3-7-12-19/h2-7,9-12,20-22H,8,13-17H2,1H3/t20-,21+,22+/m1/s1. The van der Waals surface area contributed by atoms with E-state index < -0.39 is 0 Å². The van der Waals surface area contributed by atoms with Crippen molar-refractivity contribution in [2.75, 3.05) is 7.11 Å². The number of esters is 1. The van der Waals surface area contributed by atoms with Crippen LogP contribution in [0.15, 0.2) is 60.7 Å². The van der Waals surface area contributed by atoms with Crippen molar-refractivity contribution in [3.8, 4) is 0 Å². The van der Waals surface area contributed by atoms with Gasteiger partial charge in [-0.1, -0.05) is 67.1 Å². The SMILES string of the molecule is COC(=O)C[C@H]1CCC[C@@H]1[C@H](Cc1ccccc1)OCc1ccccc1. The Balaban J connectivity index is 1.71. The highest BCUT2D eigenvalue weighted by Gasteiger charge is 2.35. The fourth-order valence-corrected chi connectivity index (χ4v) is 4.06. The summed E-state index contributed by atoms with van der Waals surface area (Å²) in [5.41, 5.74) is 2.47. The van der Waals surface area contributed by atoms with Crippen LogP contribution in [0.25, 0.3) is 0 Å². The minimum atomic E-state index is -0.108.